The largest absolute Gasteiger partial charge is 0.507 e. The number of halogens is 1. The summed E-state index contributed by atoms with van der Waals surface area (Å²) in [5, 5.41) is 18.3. The number of aliphatic carboxylic acids is 1. The van der Waals surface area contributed by atoms with Crippen LogP contribution in [0.3, 0.4) is 0 Å². The number of phenols is 1. The van der Waals surface area contributed by atoms with Crippen molar-refractivity contribution in [2.45, 2.75) is 19.3 Å². The summed E-state index contributed by atoms with van der Waals surface area (Å²) < 4.78 is 13.6. The molecule has 2 N–H and O–H groups in total. The van der Waals surface area contributed by atoms with Crippen molar-refractivity contribution in [3.05, 3.63) is 29.6 Å². The molecule has 1 saturated heterocycles. The summed E-state index contributed by atoms with van der Waals surface area (Å²) in [6.07, 6.45) is 1.24. The molecule has 0 atom stereocenters. The van der Waals surface area contributed by atoms with E-state index >= 15 is 0 Å². The normalized spacial score (nSPS) is 16.1. The summed E-state index contributed by atoms with van der Waals surface area (Å²) in [6, 6.07) is 3.73. The maximum Gasteiger partial charge on any atom is 0.303 e. The minimum absolute atomic E-state index is 0.0470. The number of phenolic OH excluding ortho intramolecular Hbond substituents is 1. The van der Waals surface area contributed by atoms with Crippen LogP contribution in [0.25, 0.3) is 0 Å². The number of likely N-dealkylation sites (tertiary alicyclic amines) is 1. The molecule has 6 heteroatoms. The van der Waals surface area contributed by atoms with Crippen molar-refractivity contribution in [3.8, 4) is 5.75 Å². The standard InChI is InChI=1S/C14H16FNO4/c15-10-2-1-3-11(17)13(10)14(20)16-6-4-9(5-7-16)8-12(18)19/h1-3,9,17H,4-8H2,(H,18,19). The fourth-order valence-electron chi connectivity index (χ4n) is 2.47. The molecule has 0 radical (unpaired) electrons. The van der Waals surface area contributed by atoms with E-state index in [4.69, 9.17) is 5.11 Å². The predicted molar refractivity (Wildman–Crippen MR) is 68.9 cm³/mol. The van der Waals surface area contributed by atoms with Crippen molar-refractivity contribution < 1.29 is 24.2 Å². The molecule has 0 spiro atoms. The number of hydrogen-bond acceptors (Lipinski definition) is 3. The first kappa shape index (κ1) is 14.3. The van der Waals surface area contributed by atoms with E-state index in [2.05, 4.69) is 0 Å². The van der Waals surface area contributed by atoms with Crippen LogP contribution in [0.2, 0.25) is 0 Å². The Kier molecular flexibility index (Phi) is 4.22. The molecule has 0 aromatic heterocycles. The van der Waals surface area contributed by atoms with Crippen LogP contribution < -0.4 is 0 Å². The summed E-state index contributed by atoms with van der Waals surface area (Å²) >= 11 is 0. The van der Waals surface area contributed by atoms with Crippen molar-refractivity contribution in [1.29, 1.82) is 0 Å². The van der Waals surface area contributed by atoms with Crippen molar-refractivity contribution in [2.24, 2.45) is 5.92 Å². The molecule has 0 saturated carbocycles. The van der Waals surface area contributed by atoms with Crippen LogP contribution in [0.15, 0.2) is 18.2 Å². The molecule has 108 valence electrons. The van der Waals surface area contributed by atoms with Crippen molar-refractivity contribution >= 4 is 11.9 Å². The number of carboxylic acids is 1. The summed E-state index contributed by atoms with van der Waals surface area (Å²) in [5.74, 6) is -2.47. The van der Waals surface area contributed by atoms with Gasteiger partial charge in [-0.1, -0.05) is 6.07 Å². The number of amides is 1. The van der Waals surface area contributed by atoms with E-state index in [1.54, 1.807) is 0 Å². The smallest absolute Gasteiger partial charge is 0.303 e. The lowest BCUT2D eigenvalue weighted by atomic mass is 9.93. The predicted octanol–water partition coefficient (Wildman–Crippen LogP) is 1.86. The van der Waals surface area contributed by atoms with E-state index in [9.17, 15) is 19.1 Å². The molecule has 0 bridgehead atoms. The highest BCUT2D eigenvalue weighted by Gasteiger charge is 2.27. The number of hydrogen-bond donors (Lipinski definition) is 2. The number of carbonyl (C=O) groups is 2. The lowest BCUT2D eigenvalue weighted by molar-refractivity contribution is -0.138. The number of aromatic hydroxyl groups is 1. The Morgan fingerprint density at radius 2 is 1.95 bits per heavy atom. The molecule has 1 heterocycles. The molecule has 2 rings (SSSR count). The maximum atomic E-state index is 13.6. The van der Waals surface area contributed by atoms with Crippen LogP contribution >= 0.6 is 0 Å². The number of carbonyl (C=O) groups excluding carboxylic acids is 1. The Balaban J connectivity index is 2.04. The van der Waals surface area contributed by atoms with Gasteiger partial charge < -0.3 is 15.1 Å². The first-order chi connectivity index (χ1) is 9.49. The van der Waals surface area contributed by atoms with Gasteiger partial charge in [0.05, 0.1) is 0 Å². The number of carboxylic acid groups (broad SMARTS) is 1. The third-order valence-electron chi connectivity index (χ3n) is 3.57. The van der Waals surface area contributed by atoms with Gasteiger partial charge in [0.15, 0.2) is 0 Å². The average Bonchev–Trinajstić information content (AvgIpc) is 2.38. The van der Waals surface area contributed by atoms with Gasteiger partial charge in [0.25, 0.3) is 5.91 Å². The van der Waals surface area contributed by atoms with E-state index in [-0.39, 0.29) is 23.7 Å². The summed E-state index contributed by atoms with van der Waals surface area (Å²) in [7, 11) is 0. The molecule has 1 aliphatic rings. The fraction of sp³-hybridized carbons (Fsp3) is 0.429. The Morgan fingerprint density at radius 1 is 1.30 bits per heavy atom. The van der Waals surface area contributed by atoms with Gasteiger partial charge in [-0.05, 0) is 30.9 Å². The zero-order valence-corrected chi connectivity index (χ0v) is 10.9. The first-order valence-electron chi connectivity index (χ1n) is 6.47. The van der Waals surface area contributed by atoms with Gasteiger partial charge in [-0.3, -0.25) is 9.59 Å². The highest BCUT2D eigenvalue weighted by atomic mass is 19.1. The van der Waals surface area contributed by atoms with Crippen LogP contribution in [0.1, 0.15) is 29.6 Å². The van der Waals surface area contributed by atoms with Crippen molar-refractivity contribution in [3.63, 3.8) is 0 Å². The van der Waals surface area contributed by atoms with Gasteiger partial charge in [-0.25, -0.2) is 4.39 Å². The van der Waals surface area contributed by atoms with Crippen LogP contribution in [0.4, 0.5) is 4.39 Å². The Hall–Kier alpha value is -2.11. The zero-order valence-electron chi connectivity index (χ0n) is 10.9. The highest BCUT2D eigenvalue weighted by molar-refractivity contribution is 5.97. The summed E-state index contributed by atoms with van der Waals surface area (Å²) in [5.41, 5.74) is -0.316. The second-order valence-corrected chi connectivity index (χ2v) is 4.97. The minimum Gasteiger partial charge on any atom is -0.507 e. The number of benzene rings is 1. The zero-order chi connectivity index (χ0) is 14.7. The molecule has 0 unspecified atom stereocenters. The van der Waals surface area contributed by atoms with Crippen LogP contribution in [-0.4, -0.2) is 40.1 Å². The van der Waals surface area contributed by atoms with Gasteiger partial charge in [0, 0.05) is 19.5 Å². The van der Waals surface area contributed by atoms with Gasteiger partial charge >= 0.3 is 5.97 Å². The van der Waals surface area contributed by atoms with Crippen molar-refractivity contribution in [2.75, 3.05) is 13.1 Å². The molecule has 5 nitrogen and oxygen atoms in total. The summed E-state index contributed by atoms with van der Waals surface area (Å²) in [6.45, 7) is 0.759. The Labute approximate surface area is 115 Å². The monoisotopic (exact) mass is 281 g/mol. The number of piperidine rings is 1. The van der Waals surface area contributed by atoms with Crippen LogP contribution in [0.5, 0.6) is 5.75 Å². The molecule has 1 aromatic carbocycles. The van der Waals surface area contributed by atoms with Crippen molar-refractivity contribution in [1.82, 2.24) is 4.90 Å². The molecule has 1 amide bonds. The Bertz CT molecular complexity index is 504. The number of rotatable bonds is 3. The van der Waals surface area contributed by atoms with Gasteiger partial charge in [0.2, 0.25) is 0 Å². The number of nitrogens with zero attached hydrogens (tertiary/aromatic N) is 1. The van der Waals surface area contributed by atoms with E-state index in [1.807, 2.05) is 0 Å². The quantitative estimate of drug-likeness (QED) is 0.886. The van der Waals surface area contributed by atoms with Gasteiger partial charge in [0.1, 0.15) is 17.1 Å². The SMILES string of the molecule is O=C(O)CC1CCN(C(=O)c2c(O)cccc2F)CC1. The molecule has 20 heavy (non-hydrogen) atoms. The fourth-order valence-corrected chi connectivity index (χ4v) is 2.47. The van der Waals surface area contributed by atoms with E-state index < -0.39 is 17.7 Å². The molecule has 1 fully saturated rings. The van der Waals surface area contributed by atoms with Gasteiger partial charge in [-0.2, -0.15) is 0 Å². The third-order valence-corrected chi connectivity index (χ3v) is 3.57. The molecular formula is C14H16FNO4. The van der Waals surface area contributed by atoms with Crippen LogP contribution in [-0.2, 0) is 4.79 Å². The Morgan fingerprint density at radius 3 is 2.50 bits per heavy atom. The molecule has 0 aliphatic carbocycles. The second kappa shape index (κ2) is 5.90. The molecule has 1 aliphatic heterocycles. The third kappa shape index (κ3) is 3.07. The van der Waals surface area contributed by atoms with Gasteiger partial charge in [-0.15, -0.1) is 0 Å². The highest BCUT2D eigenvalue weighted by Crippen LogP contribution is 2.26. The lowest BCUT2D eigenvalue weighted by Gasteiger charge is -2.31. The summed E-state index contributed by atoms with van der Waals surface area (Å²) in [4.78, 5) is 24.3. The van der Waals surface area contributed by atoms with E-state index in [1.165, 1.54) is 17.0 Å². The first-order valence-corrected chi connectivity index (χ1v) is 6.47. The van der Waals surface area contributed by atoms with E-state index in [0.717, 1.165) is 6.07 Å². The van der Waals surface area contributed by atoms with E-state index in [0.29, 0.717) is 25.9 Å². The minimum atomic E-state index is -0.846. The average molecular weight is 281 g/mol. The molecule has 1 aromatic rings. The maximum absolute atomic E-state index is 13.6. The van der Waals surface area contributed by atoms with Crippen LogP contribution in [0, 0.1) is 11.7 Å². The molecular weight excluding hydrogens is 265 g/mol. The topological polar surface area (TPSA) is 77.8 Å². The second-order valence-electron chi connectivity index (χ2n) is 4.97. The lowest BCUT2D eigenvalue weighted by Crippen LogP contribution is -2.39.